The van der Waals surface area contributed by atoms with Gasteiger partial charge in [0.15, 0.2) is 0 Å². The van der Waals surface area contributed by atoms with Crippen LogP contribution in [0.2, 0.25) is 0 Å². The molecule has 0 aromatic heterocycles. The Balaban J connectivity index is 0.00000177. The van der Waals surface area contributed by atoms with Crippen LogP contribution in [0, 0.1) is 0 Å². The summed E-state index contributed by atoms with van der Waals surface area (Å²) in [6, 6.07) is 64.7. The average Bonchev–Trinajstić information content (AvgIpc) is 3.48. The Labute approximate surface area is 295 Å². The van der Waals surface area contributed by atoms with Gasteiger partial charge in [0.25, 0.3) is 0 Å². The third kappa shape index (κ3) is 4.92. The van der Waals surface area contributed by atoms with Crippen molar-refractivity contribution in [1.82, 2.24) is 0 Å². The van der Waals surface area contributed by atoms with E-state index in [2.05, 4.69) is 164 Å². The molecule has 1 aliphatic rings. The normalized spacial score (nSPS) is 14.5. The van der Waals surface area contributed by atoms with Gasteiger partial charge >= 0.3 is 0 Å². The number of nitrogen functional groups attached to an aromatic ring is 1. The molecule has 0 heterocycles. The van der Waals surface area contributed by atoms with Gasteiger partial charge in [-0.05, 0) is 96.1 Å². The van der Waals surface area contributed by atoms with Gasteiger partial charge in [-0.2, -0.15) is 0 Å². The van der Waals surface area contributed by atoms with Crippen LogP contribution in [0.25, 0.3) is 43.8 Å². The molecule has 0 bridgehead atoms. The predicted molar refractivity (Wildman–Crippen MR) is 214 cm³/mol. The third-order valence-corrected chi connectivity index (χ3v) is 10.4. The first-order chi connectivity index (χ1) is 24.7. The molecule has 50 heavy (non-hydrogen) atoms. The molecule has 1 atom stereocenters. The van der Waals surface area contributed by atoms with Gasteiger partial charge in [-0.3, -0.25) is 0 Å². The summed E-state index contributed by atoms with van der Waals surface area (Å²) in [5.41, 5.74) is 19.7. The van der Waals surface area contributed by atoms with E-state index in [0.29, 0.717) is 0 Å². The van der Waals surface area contributed by atoms with E-state index in [1.54, 1.807) is 0 Å². The highest BCUT2D eigenvalue weighted by molar-refractivity contribution is 6.17. The maximum absolute atomic E-state index is 6.39. The molecule has 8 aromatic rings. The molecule has 8 aromatic carbocycles. The monoisotopic (exact) mass is 643 g/mol. The minimum absolute atomic E-state index is 0.538. The van der Waals surface area contributed by atoms with Crippen LogP contribution in [0.5, 0.6) is 0 Å². The summed E-state index contributed by atoms with van der Waals surface area (Å²) in [6.07, 6.45) is 1.81. The fourth-order valence-corrected chi connectivity index (χ4v) is 8.38. The fraction of sp³-hybridized carbons (Fsp3) is 0.102. The largest absolute Gasteiger partial charge is 0.399 e. The molecule has 2 N–H and O–H groups in total. The Morgan fingerprint density at radius 2 is 1.00 bits per heavy atom. The standard InChI is InChI=1S/C47H35N.C2H6/c48-44-26-14-7-15-33(44)29-27-32-28-30-37-36-20-12-13-25-42(36)47(43(37)31-32,35-18-5-2-6-19-35)46-40-23-10-8-21-38(40)45(34-16-3-1-4-17-34)39-22-9-11-24-41(39)46;1-2/h1-26,28,30-31H,27,29,48H2;1-2H3. The first kappa shape index (κ1) is 31.4. The lowest BCUT2D eigenvalue weighted by Gasteiger charge is -2.36. The number of fused-ring (bicyclic) bond motifs is 5. The summed E-state index contributed by atoms with van der Waals surface area (Å²) < 4.78 is 0. The van der Waals surface area contributed by atoms with E-state index in [0.717, 1.165) is 18.5 Å². The molecule has 0 amide bonds. The maximum atomic E-state index is 6.39. The molecule has 0 radical (unpaired) electrons. The van der Waals surface area contributed by atoms with Gasteiger partial charge in [0, 0.05) is 5.69 Å². The summed E-state index contributed by atoms with van der Waals surface area (Å²) in [7, 11) is 0. The van der Waals surface area contributed by atoms with Gasteiger partial charge in [-0.1, -0.05) is 184 Å². The summed E-state index contributed by atoms with van der Waals surface area (Å²) in [6.45, 7) is 4.00. The van der Waals surface area contributed by atoms with Crippen molar-refractivity contribution in [2.45, 2.75) is 32.1 Å². The Morgan fingerprint density at radius 1 is 0.460 bits per heavy atom. The van der Waals surface area contributed by atoms with E-state index in [1.807, 2.05) is 26.0 Å². The van der Waals surface area contributed by atoms with Gasteiger partial charge in [0.05, 0.1) is 5.41 Å². The van der Waals surface area contributed by atoms with Crippen LogP contribution in [0.1, 0.15) is 47.2 Å². The van der Waals surface area contributed by atoms with Gasteiger partial charge in [-0.15, -0.1) is 0 Å². The van der Waals surface area contributed by atoms with E-state index in [4.69, 9.17) is 5.73 Å². The highest BCUT2D eigenvalue weighted by atomic mass is 14.6. The van der Waals surface area contributed by atoms with Crippen molar-refractivity contribution >= 4 is 27.2 Å². The number of anilines is 1. The Hall–Kier alpha value is -5.92. The van der Waals surface area contributed by atoms with Crippen molar-refractivity contribution < 1.29 is 0 Å². The number of nitrogens with two attached hydrogens (primary N) is 1. The number of hydrogen-bond acceptors (Lipinski definition) is 1. The van der Waals surface area contributed by atoms with Gasteiger partial charge in [0.2, 0.25) is 0 Å². The molecule has 0 fully saturated rings. The lowest BCUT2D eigenvalue weighted by Crippen LogP contribution is -2.29. The minimum atomic E-state index is -0.538. The highest BCUT2D eigenvalue weighted by Gasteiger charge is 2.48. The molecule has 1 unspecified atom stereocenters. The Kier molecular flexibility index (Phi) is 8.26. The SMILES string of the molecule is CC.Nc1ccccc1CCc1ccc2c(c1)C(c1ccccc1)(c1c3ccccc3c(-c3ccccc3)c3ccccc13)c1ccccc1-2. The Bertz CT molecular complexity index is 2400. The van der Waals surface area contributed by atoms with Gasteiger partial charge < -0.3 is 5.73 Å². The minimum Gasteiger partial charge on any atom is -0.399 e. The third-order valence-electron chi connectivity index (χ3n) is 10.4. The van der Waals surface area contributed by atoms with Crippen molar-refractivity contribution in [3.63, 3.8) is 0 Å². The first-order valence-electron chi connectivity index (χ1n) is 17.9. The molecule has 1 heteroatoms. The molecule has 0 spiro atoms. The second-order valence-corrected chi connectivity index (χ2v) is 12.9. The van der Waals surface area contributed by atoms with Crippen molar-refractivity contribution in [3.8, 4) is 22.3 Å². The fourth-order valence-electron chi connectivity index (χ4n) is 8.38. The van der Waals surface area contributed by atoms with Gasteiger partial charge in [-0.25, -0.2) is 0 Å². The van der Waals surface area contributed by atoms with E-state index in [1.165, 1.54) is 77.2 Å². The van der Waals surface area contributed by atoms with Crippen LogP contribution in [-0.4, -0.2) is 0 Å². The predicted octanol–water partition coefficient (Wildman–Crippen LogP) is 12.4. The van der Waals surface area contributed by atoms with E-state index in [9.17, 15) is 0 Å². The quantitative estimate of drug-likeness (QED) is 0.142. The molecular weight excluding hydrogens is 603 g/mol. The molecule has 0 aliphatic heterocycles. The number of benzene rings is 8. The highest BCUT2D eigenvalue weighted by Crippen LogP contribution is 2.59. The summed E-state index contributed by atoms with van der Waals surface area (Å²) >= 11 is 0. The lowest BCUT2D eigenvalue weighted by molar-refractivity contribution is 0.780. The van der Waals surface area contributed by atoms with Crippen molar-refractivity contribution in [2.75, 3.05) is 5.73 Å². The van der Waals surface area contributed by atoms with Crippen LogP contribution in [0.3, 0.4) is 0 Å². The molecule has 0 saturated heterocycles. The number of aryl methyl sites for hydroxylation is 2. The van der Waals surface area contributed by atoms with Crippen molar-refractivity contribution in [2.24, 2.45) is 0 Å². The average molecular weight is 644 g/mol. The second kappa shape index (κ2) is 13.2. The first-order valence-corrected chi connectivity index (χ1v) is 17.9. The molecule has 1 aliphatic carbocycles. The van der Waals surface area contributed by atoms with Crippen LogP contribution in [0.15, 0.2) is 176 Å². The van der Waals surface area contributed by atoms with Crippen molar-refractivity contribution in [3.05, 3.63) is 209 Å². The van der Waals surface area contributed by atoms with Crippen LogP contribution in [0.4, 0.5) is 5.69 Å². The van der Waals surface area contributed by atoms with Gasteiger partial charge in [0.1, 0.15) is 0 Å². The summed E-state index contributed by atoms with van der Waals surface area (Å²) in [5.74, 6) is 0. The summed E-state index contributed by atoms with van der Waals surface area (Å²) in [4.78, 5) is 0. The zero-order valence-electron chi connectivity index (χ0n) is 28.7. The smallest absolute Gasteiger partial charge is 0.0725 e. The number of hydrogen-bond donors (Lipinski definition) is 1. The number of para-hydroxylation sites is 1. The zero-order valence-corrected chi connectivity index (χ0v) is 28.7. The lowest BCUT2D eigenvalue weighted by atomic mass is 9.64. The molecule has 1 nitrogen and oxygen atoms in total. The van der Waals surface area contributed by atoms with E-state index < -0.39 is 5.41 Å². The van der Waals surface area contributed by atoms with Crippen LogP contribution >= 0.6 is 0 Å². The van der Waals surface area contributed by atoms with E-state index in [-0.39, 0.29) is 0 Å². The zero-order chi connectivity index (χ0) is 34.1. The summed E-state index contributed by atoms with van der Waals surface area (Å²) in [5, 5.41) is 5.11. The molecule has 9 rings (SSSR count). The van der Waals surface area contributed by atoms with E-state index >= 15 is 0 Å². The second-order valence-electron chi connectivity index (χ2n) is 12.9. The topological polar surface area (TPSA) is 26.0 Å². The molecule has 0 saturated carbocycles. The maximum Gasteiger partial charge on any atom is 0.0725 e. The Morgan fingerprint density at radius 3 is 1.68 bits per heavy atom. The van der Waals surface area contributed by atoms with Crippen LogP contribution in [-0.2, 0) is 18.3 Å². The molecule has 242 valence electrons. The van der Waals surface area contributed by atoms with Crippen molar-refractivity contribution in [1.29, 1.82) is 0 Å². The molecular formula is C49H41N. The van der Waals surface area contributed by atoms with Crippen LogP contribution < -0.4 is 5.73 Å². The number of rotatable bonds is 6.